The number of carbonyl (C=O) groups is 1. The minimum atomic E-state index is 0.0915. The van der Waals surface area contributed by atoms with Crippen molar-refractivity contribution in [1.29, 1.82) is 0 Å². The highest BCUT2D eigenvalue weighted by Crippen LogP contribution is 2.37. The van der Waals surface area contributed by atoms with E-state index in [9.17, 15) is 4.79 Å². The Bertz CT molecular complexity index is 686. The zero-order chi connectivity index (χ0) is 17.4. The molecule has 0 aliphatic carbocycles. The Kier molecular flexibility index (Phi) is 5.02. The maximum absolute atomic E-state index is 11.7. The Morgan fingerprint density at radius 1 is 1.38 bits per heavy atom. The van der Waals surface area contributed by atoms with Crippen LogP contribution in [0.15, 0.2) is 28.3 Å². The van der Waals surface area contributed by atoms with Crippen LogP contribution in [0.5, 0.6) is 5.75 Å². The number of fused-ring (bicyclic) bond motifs is 1. The van der Waals surface area contributed by atoms with Gasteiger partial charge in [-0.3, -0.25) is 9.69 Å². The quantitative estimate of drug-likeness (QED) is 0.733. The van der Waals surface area contributed by atoms with Crippen LogP contribution < -0.4 is 9.64 Å². The summed E-state index contributed by atoms with van der Waals surface area (Å²) in [6.45, 7) is 7.47. The number of ether oxygens (including phenoxy) is 1. The highest BCUT2D eigenvalue weighted by Gasteiger charge is 2.25. The summed E-state index contributed by atoms with van der Waals surface area (Å²) < 4.78 is 7.00. The Labute approximate surface area is 152 Å². The topological polar surface area (TPSA) is 32.8 Å². The minimum absolute atomic E-state index is 0.0915. The first-order chi connectivity index (χ1) is 11.4. The van der Waals surface area contributed by atoms with E-state index in [4.69, 9.17) is 4.74 Å². The minimum Gasteiger partial charge on any atom is -0.488 e. The second-order valence-electron chi connectivity index (χ2n) is 6.90. The van der Waals surface area contributed by atoms with E-state index in [1.165, 1.54) is 11.1 Å². The van der Waals surface area contributed by atoms with Crippen molar-refractivity contribution in [2.75, 3.05) is 25.1 Å². The van der Waals surface area contributed by atoms with Gasteiger partial charge in [0.1, 0.15) is 12.4 Å². The monoisotopic (exact) mass is 392 g/mol. The third-order valence-electron chi connectivity index (χ3n) is 5.19. The number of carbonyl (C=O) groups excluding carboxylic acids is 1. The van der Waals surface area contributed by atoms with E-state index in [0.29, 0.717) is 18.7 Å². The lowest BCUT2D eigenvalue weighted by atomic mass is 9.98. The summed E-state index contributed by atoms with van der Waals surface area (Å²) in [7, 11) is 2.17. The van der Waals surface area contributed by atoms with Crippen LogP contribution >= 0.6 is 15.9 Å². The van der Waals surface area contributed by atoms with Crippen molar-refractivity contribution in [2.45, 2.75) is 45.7 Å². The SMILES string of the molecule is CC(=O)N1CCc2cc(OCC3=CC(C)N(C)C(C)C3)c(Br)cc21. The smallest absolute Gasteiger partial charge is 0.223 e. The molecule has 1 aromatic carbocycles. The van der Waals surface area contributed by atoms with Crippen LogP contribution in [0.2, 0.25) is 0 Å². The first-order valence-corrected chi connectivity index (χ1v) is 9.31. The van der Waals surface area contributed by atoms with E-state index in [-0.39, 0.29) is 5.91 Å². The van der Waals surface area contributed by atoms with Gasteiger partial charge in [0, 0.05) is 31.2 Å². The molecule has 1 amide bonds. The average Bonchev–Trinajstić information content (AvgIpc) is 2.93. The Balaban J connectivity index is 1.73. The van der Waals surface area contributed by atoms with Gasteiger partial charge in [-0.25, -0.2) is 0 Å². The molecule has 4 nitrogen and oxygen atoms in total. The number of benzene rings is 1. The van der Waals surface area contributed by atoms with Crippen LogP contribution in [-0.2, 0) is 11.2 Å². The second kappa shape index (κ2) is 6.89. The highest BCUT2D eigenvalue weighted by atomic mass is 79.9. The molecule has 1 aromatic rings. The third kappa shape index (κ3) is 3.38. The molecule has 0 aromatic heterocycles. The number of amides is 1. The zero-order valence-corrected chi connectivity index (χ0v) is 16.4. The van der Waals surface area contributed by atoms with Crippen LogP contribution in [0.25, 0.3) is 0 Å². The number of nitrogens with zero attached hydrogens (tertiary/aromatic N) is 2. The molecule has 0 N–H and O–H groups in total. The fourth-order valence-electron chi connectivity index (χ4n) is 3.56. The Morgan fingerprint density at radius 2 is 2.12 bits per heavy atom. The van der Waals surface area contributed by atoms with Crippen LogP contribution in [-0.4, -0.2) is 43.1 Å². The Morgan fingerprint density at radius 3 is 2.79 bits per heavy atom. The normalized spacial score (nSPS) is 23.9. The van der Waals surface area contributed by atoms with Gasteiger partial charge in [-0.2, -0.15) is 0 Å². The van der Waals surface area contributed by atoms with E-state index in [1.807, 2.05) is 11.0 Å². The van der Waals surface area contributed by atoms with Crippen LogP contribution in [0.3, 0.4) is 0 Å². The first-order valence-electron chi connectivity index (χ1n) is 8.51. The molecule has 0 saturated carbocycles. The van der Waals surface area contributed by atoms with E-state index in [2.05, 4.69) is 53.9 Å². The molecule has 2 aliphatic heterocycles. The number of anilines is 1. The van der Waals surface area contributed by atoms with Crippen molar-refractivity contribution in [1.82, 2.24) is 4.90 Å². The number of hydrogen-bond acceptors (Lipinski definition) is 3. The zero-order valence-electron chi connectivity index (χ0n) is 14.8. The molecular weight excluding hydrogens is 368 g/mol. The number of hydrogen-bond donors (Lipinski definition) is 0. The van der Waals surface area contributed by atoms with E-state index < -0.39 is 0 Å². The van der Waals surface area contributed by atoms with Gasteiger partial charge in [0.25, 0.3) is 0 Å². The number of halogens is 1. The van der Waals surface area contributed by atoms with Crippen molar-refractivity contribution in [3.05, 3.63) is 33.8 Å². The molecule has 0 bridgehead atoms. The predicted molar refractivity (Wildman–Crippen MR) is 101 cm³/mol. The van der Waals surface area contributed by atoms with Crippen LogP contribution in [0.1, 0.15) is 32.8 Å². The standard InChI is InChI=1S/C19H25BrN2O2/c1-12-7-15(8-13(2)21(12)4)11-24-19-9-16-5-6-22(14(3)23)18(16)10-17(19)20/h7,9-10,12-13H,5-6,8,11H2,1-4H3. The maximum Gasteiger partial charge on any atom is 0.223 e. The van der Waals surface area contributed by atoms with Crippen molar-refractivity contribution in [2.24, 2.45) is 0 Å². The van der Waals surface area contributed by atoms with Gasteiger partial charge in [-0.15, -0.1) is 0 Å². The van der Waals surface area contributed by atoms with E-state index in [1.54, 1.807) is 6.92 Å². The molecule has 2 aliphatic rings. The van der Waals surface area contributed by atoms with Crippen molar-refractivity contribution >= 4 is 27.5 Å². The summed E-state index contributed by atoms with van der Waals surface area (Å²) in [6, 6.07) is 5.06. The molecule has 2 heterocycles. The van der Waals surface area contributed by atoms with Gasteiger partial charge in [-0.05, 0) is 72.9 Å². The van der Waals surface area contributed by atoms with Gasteiger partial charge in [0.2, 0.25) is 5.91 Å². The van der Waals surface area contributed by atoms with E-state index >= 15 is 0 Å². The molecule has 3 rings (SSSR count). The summed E-state index contributed by atoms with van der Waals surface area (Å²) in [5.41, 5.74) is 3.54. The lowest BCUT2D eigenvalue weighted by molar-refractivity contribution is -0.116. The number of likely N-dealkylation sites (N-methyl/N-ethyl adjacent to an activating group) is 1. The lowest BCUT2D eigenvalue weighted by Crippen LogP contribution is -2.40. The number of rotatable bonds is 3. The van der Waals surface area contributed by atoms with Crippen molar-refractivity contribution < 1.29 is 9.53 Å². The molecule has 0 radical (unpaired) electrons. The third-order valence-corrected chi connectivity index (χ3v) is 5.81. The second-order valence-corrected chi connectivity index (χ2v) is 7.76. The van der Waals surface area contributed by atoms with Crippen molar-refractivity contribution in [3.8, 4) is 5.75 Å². The van der Waals surface area contributed by atoms with Gasteiger partial charge in [0.05, 0.1) is 4.47 Å². The van der Waals surface area contributed by atoms with Crippen LogP contribution in [0, 0.1) is 0 Å². The summed E-state index contributed by atoms with van der Waals surface area (Å²) in [5, 5.41) is 0. The highest BCUT2D eigenvalue weighted by molar-refractivity contribution is 9.10. The fraction of sp³-hybridized carbons (Fsp3) is 0.526. The molecule has 2 atom stereocenters. The molecule has 0 spiro atoms. The predicted octanol–water partition coefficient (Wildman–Crippen LogP) is 3.78. The molecule has 130 valence electrons. The summed E-state index contributed by atoms with van der Waals surface area (Å²) in [4.78, 5) is 15.9. The first kappa shape index (κ1) is 17.5. The van der Waals surface area contributed by atoms with Gasteiger partial charge in [0.15, 0.2) is 0 Å². The molecular formula is C19H25BrN2O2. The van der Waals surface area contributed by atoms with Crippen molar-refractivity contribution in [3.63, 3.8) is 0 Å². The molecule has 0 fully saturated rings. The molecule has 2 unspecified atom stereocenters. The molecule has 5 heteroatoms. The molecule has 24 heavy (non-hydrogen) atoms. The van der Waals surface area contributed by atoms with Gasteiger partial charge in [-0.1, -0.05) is 6.08 Å². The maximum atomic E-state index is 11.7. The Hall–Kier alpha value is -1.33. The van der Waals surface area contributed by atoms with Gasteiger partial charge < -0.3 is 9.64 Å². The summed E-state index contributed by atoms with van der Waals surface area (Å²) >= 11 is 3.59. The summed E-state index contributed by atoms with van der Waals surface area (Å²) in [5.74, 6) is 0.952. The van der Waals surface area contributed by atoms with Gasteiger partial charge >= 0.3 is 0 Å². The van der Waals surface area contributed by atoms with E-state index in [0.717, 1.165) is 35.3 Å². The fourth-order valence-corrected chi connectivity index (χ4v) is 4.00. The largest absolute Gasteiger partial charge is 0.488 e. The average molecular weight is 393 g/mol. The lowest BCUT2D eigenvalue weighted by Gasteiger charge is -2.34. The summed E-state index contributed by atoms with van der Waals surface area (Å²) in [6.07, 6.45) is 4.24. The molecule has 0 saturated heterocycles. The van der Waals surface area contributed by atoms with Crippen LogP contribution in [0.4, 0.5) is 5.69 Å².